The molecule has 1 N–H and O–H groups in total. The largest absolute Gasteiger partial charge is 0.326 e. The molecule has 0 saturated heterocycles. The molecule has 0 fully saturated rings. The van der Waals surface area contributed by atoms with Crippen LogP contribution in [0.4, 0.5) is 0 Å². The van der Waals surface area contributed by atoms with Gasteiger partial charge in [0.25, 0.3) is 0 Å². The Kier molecular flexibility index (Phi) is 4.90. The highest BCUT2D eigenvalue weighted by Crippen LogP contribution is 2.22. The Balaban J connectivity index is 2.41. The van der Waals surface area contributed by atoms with E-state index in [9.17, 15) is 9.59 Å². The van der Waals surface area contributed by atoms with Crippen molar-refractivity contribution in [2.45, 2.75) is 6.92 Å². The van der Waals surface area contributed by atoms with Crippen molar-refractivity contribution in [1.82, 2.24) is 5.32 Å². The molecule has 0 saturated carbocycles. The lowest BCUT2D eigenvalue weighted by atomic mass is 10.1. The van der Waals surface area contributed by atoms with E-state index in [-0.39, 0.29) is 11.7 Å². The van der Waals surface area contributed by atoms with Gasteiger partial charge in [-0.2, -0.15) is 0 Å². The van der Waals surface area contributed by atoms with E-state index in [4.69, 9.17) is 11.6 Å². The molecule has 0 unspecified atom stereocenters. The molecule has 4 heteroatoms. The van der Waals surface area contributed by atoms with E-state index in [1.807, 2.05) is 6.07 Å². The summed E-state index contributed by atoms with van der Waals surface area (Å²) < 4.78 is 0. The molecule has 2 aromatic carbocycles. The van der Waals surface area contributed by atoms with Crippen LogP contribution in [0.25, 0.3) is 5.70 Å². The SMILES string of the molecule is CC(=O)N/C(=C\C(=O)c1ccccc1)c1ccccc1Cl. The highest BCUT2D eigenvalue weighted by atomic mass is 35.5. The highest BCUT2D eigenvalue weighted by Gasteiger charge is 2.11. The molecule has 0 aliphatic carbocycles. The number of rotatable bonds is 4. The Morgan fingerprint density at radius 2 is 1.62 bits per heavy atom. The summed E-state index contributed by atoms with van der Waals surface area (Å²) in [5.74, 6) is -0.457. The summed E-state index contributed by atoms with van der Waals surface area (Å²) in [7, 11) is 0. The van der Waals surface area contributed by atoms with Crippen LogP contribution in [-0.2, 0) is 4.79 Å². The van der Waals surface area contributed by atoms with Crippen molar-refractivity contribution < 1.29 is 9.59 Å². The Hall–Kier alpha value is -2.39. The van der Waals surface area contributed by atoms with Gasteiger partial charge in [0, 0.05) is 29.1 Å². The minimum atomic E-state index is -0.262. The third-order valence-electron chi connectivity index (χ3n) is 2.81. The number of amides is 1. The van der Waals surface area contributed by atoms with Gasteiger partial charge in [0.2, 0.25) is 5.91 Å². The second-order valence-corrected chi connectivity index (χ2v) is 4.86. The monoisotopic (exact) mass is 299 g/mol. The first kappa shape index (κ1) is 15.0. The molecule has 0 radical (unpaired) electrons. The van der Waals surface area contributed by atoms with Crippen LogP contribution in [-0.4, -0.2) is 11.7 Å². The topological polar surface area (TPSA) is 46.2 Å². The maximum Gasteiger partial charge on any atom is 0.221 e. The predicted octanol–water partition coefficient (Wildman–Crippen LogP) is 3.70. The molecule has 2 aromatic rings. The van der Waals surface area contributed by atoms with Gasteiger partial charge < -0.3 is 5.32 Å². The number of hydrogen-bond donors (Lipinski definition) is 1. The van der Waals surface area contributed by atoms with Crippen LogP contribution in [0.15, 0.2) is 60.7 Å². The summed E-state index contributed by atoms with van der Waals surface area (Å²) in [5.41, 5.74) is 1.55. The second kappa shape index (κ2) is 6.86. The Labute approximate surface area is 128 Å². The van der Waals surface area contributed by atoms with Gasteiger partial charge in [0.05, 0.1) is 5.70 Å². The summed E-state index contributed by atoms with van der Waals surface area (Å²) in [6, 6.07) is 15.9. The zero-order valence-corrected chi connectivity index (χ0v) is 12.2. The molecule has 2 rings (SSSR count). The van der Waals surface area contributed by atoms with Crippen LogP contribution in [0.2, 0.25) is 5.02 Å². The van der Waals surface area contributed by atoms with Crippen molar-refractivity contribution in [3.05, 3.63) is 76.8 Å². The fraction of sp³-hybridized carbons (Fsp3) is 0.0588. The van der Waals surface area contributed by atoms with Crippen molar-refractivity contribution in [3.8, 4) is 0 Å². The van der Waals surface area contributed by atoms with E-state index >= 15 is 0 Å². The molecule has 0 aliphatic rings. The average Bonchev–Trinajstić information content (AvgIpc) is 2.47. The lowest BCUT2D eigenvalue weighted by Gasteiger charge is -2.10. The molecule has 0 bridgehead atoms. The van der Waals surface area contributed by atoms with Crippen LogP contribution in [0, 0.1) is 0 Å². The number of halogens is 1. The number of nitrogens with one attached hydrogen (secondary N) is 1. The summed E-state index contributed by atoms with van der Waals surface area (Å²) in [6.45, 7) is 1.39. The van der Waals surface area contributed by atoms with Crippen molar-refractivity contribution >= 4 is 29.0 Å². The molecule has 0 spiro atoms. The number of ketones is 1. The van der Waals surface area contributed by atoms with E-state index < -0.39 is 0 Å². The van der Waals surface area contributed by atoms with E-state index in [1.165, 1.54) is 13.0 Å². The van der Waals surface area contributed by atoms with Crippen LogP contribution < -0.4 is 5.32 Å². The lowest BCUT2D eigenvalue weighted by molar-refractivity contribution is -0.117. The van der Waals surface area contributed by atoms with Gasteiger partial charge in [-0.25, -0.2) is 0 Å². The minimum Gasteiger partial charge on any atom is -0.326 e. The summed E-state index contributed by atoms with van der Waals surface area (Å²) >= 11 is 6.13. The van der Waals surface area contributed by atoms with Gasteiger partial charge in [0.1, 0.15) is 0 Å². The molecule has 106 valence electrons. The number of allylic oxidation sites excluding steroid dienone is 1. The van der Waals surface area contributed by atoms with E-state index in [2.05, 4.69) is 5.32 Å². The van der Waals surface area contributed by atoms with Gasteiger partial charge in [-0.1, -0.05) is 60.1 Å². The highest BCUT2D eigenvalue weighted by molar-refractivity contribution is 6.32. The summed E-state index contributed by atoms with van der Waals surface area (Å²) in [4.78, 5) is 23.6. The fourth-order valence-corrected chi connectivity index (χ4v) is 2.10. The van der Waals surface area contributed by atoms with Crippen LogP contribution >= 0.6 is 11.6 Å². The first-order chi connectivity index (χ1) is 10.1. The summed E-state index contributed by atoms with van der Waals surface area (Å²) in [5, 5.41) is 3.13. The number of benzene rings is 2. The first-order valence-electron chi connectivity index (χ1n) is 6.41. The number of hydrogen-bond acceptors (Lipinski definition) is 2. The zero-order valence-electron chi connectivity index (χ0n) is 11.5. The Morgan fingerprint density at radius 3 is 2.24 bits per heavy atom. The molecule has 21 heavy (non-hydrogen) atoms. The average molecular weight is 300 g/mol. The number of carbonyl (C=O) groups excluding carboxylic acids is 2. The normalized spacial score (nSPS) is 11.0. The van der Waals surface area contributed by atoms with Gasteiger partial charge in [-0.15, -0.1) is 0 Å². The molecule has 3 nitrogen and oxygen atoms in total. The molecular weight excluding hydrogens is 286 g/mol. The molecule has 1 amide bonds. The van der Waals surface area contributed by atoms with Crippen LogP contribution in [0.3, 0.4) is 0 Å². The third-order valence-corrected chi connectivity index (χ3v) is 3.14. The van der Waals surface area contributed by atoms with Crippen LogP contribution in [0.5, 0.6) is 0 Å². The van der Waals surface area contributed by atoms with E-state index in [1.54, 1.807) is 48.5 Å². The van der Waals surface area contributed by atoms with Gasteiger partial charge in [-0.3, -0.25) is 9.59 Å². The molecular formula is C17H14ClNO2. The zero-order chi connectivity index (χ0) is 15.2. The molecule has 0 aromatic heterocycles. The van der Waals surface area contributed by atoms with Crippen molar-refractivity contribution in [2.75, 3.05) is 0 Å². The predicted molar refractivity (Wildman–Crippen MR) is 84.0 cm³/mol. The fourth-order valence-electron chi connectivity index (χ4n) is 1.87. The Morgan fingerprint density at radius 1 is 1.00 bits per heavy atom. The lowest BCUT2D eigenvalue weighted by Crippen LogP contribution is -2.19. The van der Waals surface area contributed by atoms with Crippen molar-refractivity contribution in [2.24, 2.45) is 0 Å². The summed E-state index contributed by atoms with van der Waals surface area (Å²) in [6.07, 6.45) is 1.39. The van der Waals surface area contributed by atoms with Gasteiger partial charge in [0.15, 0.2) is 5.78 Å². The molecule has 0 atom stereocenters. The van der Waals surface area contributed by atoms with Gasteiger partial charge >= 0.3 is 0 Å². The van der Waals surface area contributed by atoms with Gasteiger partial charge in [-0.05, 0) is 6.07 Å². The third kappa shape index (κ3) is 4.04. The van der Waals surface area contributed by atoms with Crippen molar-refractivity contribution in [1.29, 1.82) is 0 Å². The van der Waals surface area contributed by atoms with E-state index in [0.29, 0.717) is 21.8 Å². The standard InChI is InChI=1S/C17H14ClNO2/c1-12(20)19-16(14-9-5-6-10-15(14)18)11-17(21)13-7-3-2-4-8-13/h2-11H,1H3,(H,19,20)/b16-11-. The van der Waals surface area contributed by atoms with Crippen molar-refractivity contribution in [3.63, 3.8) is 0 Å². The first-order valence-corrected chi connectivity index (χ1v) is 6.79. The number of carbonyl (C=O) groups is 2. The smallest absolute Gasteiger partial charge is 0.221 e. The van der Waals surface area contributed by atoms with E-state index in [0.717, 1.165) is 0 Å². The van der Waals surface area contributed by atoms with Crippen LogP contribution in [0.1, 0.15) is 22.8 Å². The second-order valence-electron chi connectivity index (χ2n) is 4.45. The maximum absolute atomic E-state index is 12.3. The maximum atomic E-state index is 12.3. The quantitative estimate of drug-likeness (QED) is 0.691. The molecule has 0 heterocycles. The Bertz CT molecular complexity index is 693. The molecule has 0 aliphatic heterocycles. The minimum absolute atomic E-state index is 0.195.